The Bertz CT molecular complexity index is 1360. The molecular formula is C29H31F3N4O3S. The minimum atomic E-state index is -4.45. The molecule has 212 valence electrons. The number of nitrogens with two attached hydrogens (primary N) is 1. The molecule has 0 radical (unpaired) electrons. The zero-order chi connectivity index (χ0) is 28.4. The third kappa shape index (κ3) is 6.06. The maximum absolute atomic E-state index is 13.2. The first kappa shape index (κ1) is 28.3. The lowest BCUT2D eigenvalue weighted by atomic mass is 9.93. The fourth-order valence-electron chi connectivity index (χ4n) is 5.10. The Balaban J connectivity index is 1.19. The van der Waals surface area contributed by atoms with Crippen molar-refractivity contribution in [2.45, 2.75) is 44.4 Å². The number of hydrogen-bond donors (Lipinski definition) is 2. The van der Waals surface area contributed by atoms with Crippen LogP contribution in [0.15, 0.2) is 47.8 Å². The quantitative estimate of drug-likeness (QED) is 0.409. The first-order valence-electron chi connectivity index (χ1n) is 13.3. The fourth-order valence-corrected chi connectivity index (χ4v) is 5.90. The molecule has 5 rings (SSSR count). The number of carbonyl (C=O) groups excluding carboxylic acids is 2. The number of piperidine rings is 1. The van der Waals surface area contributed by atoms with E-state index in [1.165, 1.54) is 17.4 Å². The summed E-state index contributed by atoms with van der Waals surface area (Å²) < 4.78 is 44.9. The summed E-state index contributed by atoms with van der Waals surface area (Å²) in [6.45, 7) is 4.34. The zero-order valence-corrected chi connectivity index (χ0v) is 22.9. The van der Waals surface area contributed by atoms with Gasteiger partial charge in [-0.05, 0) is 54.2 Å². The Morgan fingerprint density at radius 1 is 1.15 bits per heavy atom. The van der Waals surface area contributed by atoms with Crippen molar-refractivity contribution in [3.8, 4) is 11.1 Å². The lowest BCUT2D eigenvalue weighted by Crippen LogP contribution is -2.47. The molecule has 40 heavy (non-hydrogen) atoms. The first-order chi connectivity index (χ1) is 19.1. The fraction of sp³-hybridized carbons (Fsp3) is 0.414. The van der Waals surface area contributed by atoms with Crippen LogP contribution in [0.5, 0.6) is 0 Å². The molecule has 2 aromatic carbocycles. The van der Waals surface area contributed by atoms with Gasteiger partial charge in [0.1, 0.15) is 0 Å². The molecule has 0 bridgehead atoms. The third-order valence-corrected chi connectivity index (χ3v) is 8.51. The van der Waals surface area contributed by atoms with Crippen LogP contribution in [-0.2, 0) is 22.3 Å². The van der Waals surface area contributed by atoms with E-state index in [1.54, 1.807) is 24.3 Å². The lowest BCUT2D eigenvalue weighted by molar-refractivity contribution is -0.151. The molecule has 3 N–H and O–H groups in total. The Labute approximate surface area is 234 Å². The van der Waals surface area contributed by atoms with Gasteiger partial charge in [-0.1, -0.05) is 30.3 Å². The maximum Gasteiger partial charge on any atom is 0.416 e. The standard InChI is InChI=1S/C29H31F3N4O3S/c1-17(18-2-4-19(5-3-18)24-12-23(29(30,31)32)7-6-21(24)13-33)34-26(37)27-35-25(16-40-27)20-8-10-36(11-9-20)28(38)22-14-39-15-22/h2-7,12,16-17,20,22H,8-11,13-15,33H2,1H3,(H,34,37)/t17-/m1/s1. The van der Waals surface area contributed by atoms with E-state index in [1.807, 2.05) is 17.2 Å². The van der Waals surface area contributed by atoms with E-state index in [-0.39, 0.29) is 36.2 Å². The summed E-state index contributed by atoms with van der Waals surface area (Å²) in [6, 6.07) is 10.3. The highest BCUT2D eigenvalue weighted by atomic mass is 32.1. The number of benzene rings is 2. The molecule has 3 aromatic rings. The average Bonchev–Trinajstić information content (AvgIpc) is 3.42. The average molecular weight is 573 g/mol. The predicted molar refractivity (Wildman–Crippen MR) is 146 cm³/mol. The molecule has 2 aliphatic rings. The molecule has 1 atom stereocenters. The largest absolute Gasteiger partial charge is 0.416 e. The van der Waals surface area contributed by atoms with Crippen LogP contribution in [0, 0.1) is 5.92 Å². The smallest absolute Gasteiger partial charge is 0.380 e. The minimum Gasteiger partial charge on any atom is -0.380 e. The number of halogens is 3. The number of amides is 2. The molecule has 2 fully saturated rings. The van der Waals surface area contributed by atoms with Crippen LogP contribution in [0.4, 0.5) is 13.2 Å². The van der Waals surface area contributed by atoms with Crippen LogP contribution >= 0.6 is 11.3 Å². The maximum atomic E-state index is 13.2. The van der Waals surface area contributed by atoms with Crippen molar-refractivity contribution in [3.63, 3.8) is 0 Å². The molecule has 0 spiro atoms. The van der Waals surface area contributed by atoms with Crippen molar-refractivity contribution in [2.24, 2.45) is 11.7 Å². The summed E-state index contributed by atoms with van der Waals surface area (Å²) in [4.78, 5) is 31.9. The number of carbonyl (C=O) groups is 2. The monoisotopic (exact) mass is 572 g/mol. The van der Waals surface area contributed by atoms with Gasteiger partial charge < -0.3 is 20.7 Å². The number of nitrogens with one attached hydrogen (secondary N) is 1. The van der Waals surface area contributed by atoms with Gasteiger partial charge in [0.25, 0.3) is 5.91 Å². The van der Waals surface area contributed by atoms with E-state index in [4.69, 9.17) is 10.5 Å². The minimum absolute atomic E-state index is 0.00620. The second-order valence-electron chi connectivity index (χ2n) is 10.3. The van der Waals surface area contributed by atoms with E-state index in [9.17, 15) is 22.8 Å². The van der Waals surface area contributed by atoms with Crippen molar-refractivity contribution in [2.75, 3.05) is 26.3 Å². The van der Waals surface area contributed by atoms with Crippen LogP contribution in [0.1, 0.15) is 63.9 Å². The van der Waals surface area contributed by atoms with Crippen LogP contribution < -0.4 is 11.1 Å². The zero-order valence-electron chi connectivity index (χ0n) is 22.0. The van der Waals surface area contributed by atoms with Crippen molar-refractivity contribution in [1.29, 1.82) is 0 Å². The normalized spacial score (nSPS) is 17.4. The van der Waals surface area contributed by atoms with E-state index >= 15 is 0 Å². The van der Waals surface area contributed by atoms with E-state index in [0.717, 1.165) is 36.2 Å². The van der Waals surface area contributed by atoms with Gasteiger partial charge in [-0.2, -0.15) is 13.2 Å². The highest BCUT2D eigenvalue weighted by Crippen LogP contribution is 2.35. The first-order valence-corrected chi connectivity index (χ1v) is 14.2. The number of nitrogens with zero attached hydrogens (tertiary/aromatic N) is 2. The van der Waals surface area contributed by atoms with E-state index < -0.39 is 11.7 Å². The number of likely N-dealkylation sites (tertiary alicyclic amines) is 1. The second kappa shape index (κ2) is 11.7. The molecule has 0 unspecified atom stereocenters. The third-order valence-electron chi connectivity index (χ3n) is 7.65. The molecule has 11 heteroatoms. The molecule has 0 saturated carbocycles. The molecular weight excluding hydrogens is 541 g/mol. The molecule has 2 amide bonds. The Morgan fingerprint density at radius 2 is 1.85 bits per heavy atom. The van der Waals surface area contributed by atoms with Gasteiger partial charge in [-0.15, -0.1) is 11.3 Å². The van der Waals surface area contributed by atoms with Gasteiger partial charge in [-0.3, -0.25) is 9.59 Å². The van der Waals surface area contributed by atoms with Gasteiger partial charge in [0.05, 0.1) is 36.4 Å². The van der Waals surface area contributed by atoms with Crippen molar-refractivity contribution < 1.29 is 27.5 Å². The number of hydrogen-bond acceptors (Lipinski definition) is 6. The lowest BCUT2D eigenvalue weighted by Gasteiger charge is -2.36. The van der Waals surface area contributed by atoms with Crippen LogP contribution in [-0.4, -0.2) is 48.0 Å². The number of alkyl halides is 3. The number of ether oxygens (including phenoxy) is 1. The molecule has 0 aliphatic carbocycles. The van der Waals surface area contributed by atoms with Crippen LogP contribution in [0.3, 0.4) is 0 Å². The SMILES string of the molecule is C[C@@H](NC(=O)c1nc(C2CCN(C(=O)C3COC3)CC2)cs1)c1ccc(-c2cc(C(F)(F)F)ccc2CN)cc1. The van der Waals surface area contributed by atoms with Gasteiger partial charge in [0, 0.05) is 30.9 Å². The number of aromatic nitrogens is 1. The molecule has 2 aliphatic heterocycles. The summed E-state index contributed by atoms with van der Waals surface area (Å²) in [5.41, 5.74) is 8.40. The van der Waals surface area contributed by atoms with E-state index in [0.29, 0.717) is 48.0 Å². The van der Waals surface area contributed by atoms with E-state index in [2.05, 4.69) is 10.3 Å². The summed E-state index contributed by atoms with van der Waals surface area (Å²) >= 11 is 1.30. The molecule has 1 aromatic heterocycles. The number of thiazole rings is 1. The van der Waals surface area contributed by atoms with Crippen molar-refractivity contribution in [1.82, 2.24) is 15.2 Å². The molecule has 2 saturated heterocycles. The highest BCUT2D eigenvalue weighted by Gasteiger charge is 2.34. The van der Waals surface area contributed by atoms with Gasteiger partial charge in [0.15, 0.2) is 5.01 Å². The Hall–Kier alpha value is -3.28. The summed E-state index contributed by atoms with van der Waals surface area (Å²) in [5, 5.41) is 5.25. The van der Waals surface area contributed by atoms with Crippen LogP contribution in [0.2, 0.25) is 0 Å². The summed E-state index contributed by atoms with van der Waals surface area (Å²) in [5.74, 6) is 0.0838. The molecule has 3 heterocycles. The van der Waals surface area contributed by atoms with Gasteiger partial charge in [0.2, 0.25) is 5.91 Å². The van der Waals surface area contributed by atoms with Gasteiger partial charge >= 0.3 is 6.18 Å². The van der Waals surface area contributed by atoms with Gasteiger partial charge in [-0.25, -0.2) is 4.98 Å². The highest BCUT2D eigenvalue weighted by molar-refractivity contribution is 7.11. The Morgan fingerprint density at radius 3 is 2.45 bits per heavy atom. The Kier molecular flexibility index (Phi) is 8.25. The summed E-state index contributed by atoms with van der Waals surface area (Å²) in [6.07, 6.45) is -2.83. The molecule has 7 nitrogen and oxygen atoms in total. The summed E-state index contributed by atoms with van der Waals surface area (Å²) in [7, 11) is 0. The predicted octanol–water partition coefficient (Wildman–Crippen LogP) is 5.13. The van der Waals surface area contributed by atoms with Crippen molar-refractivity contribution in [3.05, 3.63) is 75.2 Å². The van der Waals surface area contributed by atoms with Crippen LogP contribution in [0.25, 0.3) is 11.1 Å². The topological polar surface area (TPSA) is 97.5 Å². The van der Waals surface area contributed by atoms with Crippen molar-refractivity contribution >= 4 is 23.2 Å². The second-order valence-corrected chi connectivity index (χ2v) is 11.2. The number of rotatable bonds is 7.